The van der Waals surface area contributed by atoms with Crippen molar-refractivity contribution >= 4 is 5.97 Å². The molecule has 4 heteroatoms. The van der Waals surface area contributed by atoms with Gasteiger partial charge in [0.05, 0.1) is 5.92 Å². The van der Waals surface area contributed by atoms with Gasteiger partial charge in [-0.25, -0.2) is 0 Å². The van der Waals surface area contributed by atoms with Crippen LogP contribution < -0.4 is 4.74 Å². The van der Waals surface area contributed by atoms with Crippen molar-refractivity contribution in [2.45, 2.75) is 19.3 Å². The summed E-state index contributed by atoms with van der Waals surface area (Å²) in [6.07, 6.45) is 0.533. The number of phenolic OH excluding ortho intramolecular Hbond substituents is 2. The van der Waals surface area contributed by atoms with E-state index in [4.69, 9.17) is 4.74 Å². The molecule has 1 aliphatic rings. The molecule has 2 aromatic carbocycles. The molecule has 20 heavy (non-hydrogen) atoms. The Morgan fingerprint density at radius 1 is 1.10 bits per heavy atom. The van der Waals surface area contributed by atoms with Crippen molar-refractivity contribution in [3.05, 3.63) is 53.1 Å². The summed E-state index contributed by atoms with van der Waals surface area (Å²) in [6.45, 7) is 1.88. The normalized spacial score (nSPS) is 17.4. The van der Waals surface area contributed by atoms with Gasteiger partial charge in [-0.1, -0.05) is 12.1 Å². The summed E-state index contributed by atoms with van der Waals surface area (Å²) < 4.78 is 5.33. The number of rotatable bonds is 1. The second-order valence-corrected chi connectivity index (χ2v) is 5.01. The summed E-state index contributed by atoms with van der Waals surface area (Å²) >= 11 is 0. The van der Waals surface area contributed by atoms with Crippen molar-refractivity contribution < 1.29 is 19.7 Å². The number of benzene rings is 2. The van der Waals surface area contributed by atoms with Gasteiger partial charge in [-0.2, -0.15) is 0 Å². The lowest BCUT2D eigenvalue weighted by Crippen LogP contribution is -2.26. The van der Waals surface area contributed by atoms with Crippen LogP contribution in [0.5, 0.6) is 17.2 Å². The highest BCUT2D eigenvalue weighted by molar-refractivity contribution is 5.83. The van der Waals surface area contributed by atoms with E-state index in [0.29, 0.717) is 12.2 Å². The number of ether oxygens (including phenoxy) is 1. The van der Waals surface area contributed by atoms with Crippen LogP contribution in [-0.2, 0) is 11.2 Å². The molecule has 2 aromatic rings. The monoisotopic (exact) mass is 270 g/mol. The molecule has 3 rings (SSSR count). The van der Waals surface area contributed by atoms with Crippen LogP contribution in [0, 0.1) is 6.92 Å². The van der Waals surface area contributed by atoms with Crippen molar-refractivity contribution in [3.63, 3.8) is 0 Å². The van der Waals surface area contributed by atoms with Gasteiger partial charge in [-0.05, 0) is 48.2 Å². The first-order valence-electron chi connectivity index (χ1n) is 6.37. The SMILES string of the molecule is Cc1cc(O)cc2c1CC(c1ccc(O)cc1)C(=O)O2. The average molecular weight is 270 g/mol. The van der Waals surface area contributed by atoms with Crippen LogP contribution in [0.4, 0.5) is 0 Å². The van der Waals surface area contributed by atoms with Gasteiger partial charge < -0.3 is 14.9 Å². The Morgan fingerprint density at radius 3 is 2.50 bits per heavy atom. The summed E-state index contributed by atoms with van der Waals surface area (Å²) in [5.74, 6) is -0.0291. The standard InChI is InChI=1S/C16H14O4/c1-9-6-12(18)7-15-13(9)8-14(16(19)20-15)10-2-4-11(17)5-3-10/h2-7,14,17-18H,8H2,1H3. The molecule has 0 amide bonds. The Balaban J connectivity index is 2.00. The third-order valence-corrected chi connectivity index (χ3v) is 3.62. The van der Waals surface area contributed by atoms with Crippen LogP contribution in [0.1, 0.15) is 22.6 Å². The molecule has 0 radical (unpaired) electrons. The highest BCUT2D eigenvalue weighted by Gasteiger charge is 2.31. The van der Waals surface area contributed by atoms with E-state index >= 15 is 0 Å². The zero-order valence-corrected chi connectivity index (χ0v) is 11.0. The molecule has 0 aromatic heterocycles. The van der Waals surface area contributed by atoms with E-state index in [1.54, 1.807) is 30.3 Å². The number of phenols is 2. The Kier molecular flexibility index (Phi) is 2.86. The van der Waals surface area contributed by atoms with Crippen LogP contribution in [0.3, 0.4) is 0 Å². The first kappa shape index (κ1) is 12.5. The van der Waals surface area contributed by atoms with Gasteiger partial charge in [0.15, 0.2) is 0 Å². The summed E-state index contributed by atoms with van der Waals surface area (Å²) in [6, 6.07) is 9.69. The number of carbonyl (C=O) groups excluding carboxylic acids is 1. The Labute approximate surface area is 116 Å². The number of aromatic hydroxyl groups is 2. The lowest BCUT2D eigenvalue weighted by molar-refractivity contribution is -0.137. The molecule has 1 heterocycles. The van der Waals surface area contributed by atoms with Crippen molar-refractivity contribution in [1.29, 1.82) is 0 Å². The minimum atomic E-state index is -0.383. The molecule has 4 nitrogen and oxygen atoms in total. The van der Waals surface area contributed by atoms with Crippen molar-refractivity contribution in [1.82, 2.24) is 0 Å². The number of aryl methyl sites for hydroxylation is 1. The minimum Gasteiger partial charge on any atom is -0.508 e. The van der Waals surface area contributed by atoms with E-state index in [1.165, 1.54) is 6.07 Å². The molecule has 0 spiro atoms. The summed E-state index contributed by atoms with van der Waals surface area (Å²) in [7, 11) is 0. The number of hydrogen-bond acceptors (Lipinski definition) is 4. The Hall–Kier alpha value is -2.49. The molecule has 0 saturated carbocycles. The molecular formula is C16H14O4. The maximum absolute atomic E-state index is 12.1. The van der Waals surface area contributed by atoms with E-state index in [9.17, 15) is 15.0 Å². The largest absolute Gasteiger partial charge is 0.508 e. The smallest absolute Gasteiger partial charge is 0.319 e. The minimum absolute atomic E-state index is 0.0946. The zero-order chi connectivity index (χ0) is 14.3. The predicted molar refractivity (Wildman–Crippen MR) is 73.0 cm³/mol. The number of carbonyl (C=O) groups is 1. The van der Waals surface area contributed by atoms with Gasteiger partial charge in [0.25, 0.3) is 0 Å². The molecule has 0 saturated heterocycles. The molecule has 0 fully saturated rings. The van der Waals surface area contributed by atoms with Crippen LogP contribution >= 0.6 is 0 Å². The average Bonchev–Trinajstić information content (AvgIpc) is 2.39. The summed E-state index contributed by atoms with van der Waals surface area (Å²) in [5.41, 5.74) is 2.64. The third-order valence-electron chi connectivity index (χ3n) is 3.62. The lowest BCUT2D eigenvalue weighted by atomic mass is 9.88. The van der Waals surface area contributed by atoms with Crippen molar-refractivity contribution in [2.24, 2.45) is 0 Å². The van der Waals surface area contributed by atoms with Gasteiger partial charge in [0.2, 0.25) is 0 Å². The second-order valence-electron chi connectivity index (χ2n) is 5.01. The fourth-order valence-corrected chi connectivity index (χ4v) is 2.55. The molecule has 0 aliphatic carbocycles. The summed E-state index contributed by atoms with van der Waals surface area (Å²) in [4.78, 5) is 12.1. The van der Waals surface area contributed by atoms with Gasteiger partial charge in [0, 0.05) is 6.07 Å². The van der Waals surface area contributed by atoms with Crippen LogP contribution in [-0.4, -0.2) is 16.2 Å². The van der Waals surface area contributed by atoms with Crippen LogP contribution in [0.15, 0.2) is 36.4 Å². The number of esters is 1. The highest BCUT2D eigenvalue weighted by Crippen LogP contribution is 2.37. The van der Waals surface area contributed by atoms with Crippen molar-refractivity contribution in [2.75, 3.05) is 0 Å². The van der Waals surface area contributed by atoms with Crippen LogP contribution in [0.2, 0.25) is 0 Å². The molecule has 102 valence electrons. The maximum atomic E-state index is 12.1. The van der Waals surface area contributed by atoms with E-state index in [0.717, 1.165) is 16.7 Å². The van der Waals surface area contributed by atoms with E-state index in [1.807, 2.05) is 6.92 Å². The molecule has 1 unspecified atom stereocenters. The van der Waals surface area contributed by atoms with Gasteiger partial charge in [-0.15, -0.1) is 0 Å². The first-order chi connectivity index (χ1) is 9.54. The van der Waals surface area contributed by atoms with Gasteiger partial charge in [-0.3, -0.25) is 4.79 Å². The Bertz CT molecular complexity index is 674. The molecule has 1 atom stereocenters. The fourth-order valence-electron chi connectivity index (χ4n) is 2.55. The summed E-state index contributed by atoms with van der Waals surface area (Å²) in [5, 5.41) is 18.9. The molecule has 0 bridgehead atoms. The van der Waals surface area contributed by atoms with E-state index in [2.05, 4.69) is 0 Å². The molecule has 2 N–H and O–H groups in total. The molecule has 1 aliphatic heterocycles. The van der Waals surface area contributed by atoms with Gasteiger partial charge >= 0.3 is 5.97 Å². The third kappa shape index (κ3) is 2.09. The topological polar surface area (TPSA) is 66.8 Å². The number of hydrogen-bond donors (Lipinski definition) is 2. The van der Waals surface area contributed by atoms with Crippen molar-refractivity contribution in [3.8, 4) is 17.2 Å². The van der Waals surface area contributed by atoms with Gasteiger partial charge in [0.1, 0.15) is 17.2 Å². The predicted octanol–water partition coefficient (Wildman–Crippen LogP) is 2.65. The highest BCUT2D eigenvalue weighted by atomic mass is 16.5. The van der Waals surface area contributed by atoms with E-state index in [-0.39, 0.29) is 23.4 Å². The lowest BCUT2D eigenvalue weighted by Gasteiger charge is -2.25. The Morgan fingerprint density at radius 2 is 1.80 bits per heavy atom. The number of fused-ring (bicyclic) bond motifs is 1. The van der Waals surface area contributed by atoms with Crippen LogP contribution in [0.25, 0.3) is 0 Å². The zero-order valence-electron chi connectivity index (χ0n) is 11.0. The fraction of sp³-hybridized carbons (Fsp3) is 0.188. The first-order valence-corrected chi connectivity index (χ1v) is 6.37. The second kappa shape index (κ2) is 4.56. The maximum Gasteiger partial charge on any atom is 0.319 e. The molecular weight excluding hydrogens is 256 g/mol. The van der Waals surface area contributed by atoms with E-state index < -0.39 is 0 Å². The quantitative estimate of drug-likeness (QED) is 0.617.